The van der Waals surface area contributed by atoms with Gasteiger partial charge in [-0.15, -0.1) is 0 Å². The minimum Gasteiger partial charge on any atom is -0.489 e. The molecule has 1 fully saturated rings. The lowest BCUT2D eigenvalue weighted by Crippen LogP contribution is -2.55. The summed E-state index contributed by atoms with van der Waals surface area (Å²) in [6.45, 7) is 9.87. The normalized spacial score (nSPS) is 17.7. The van der Waals surface area contributed by atoms with Crippen LogP contribution >= 0.6 is 0 Å². The molecule has 10 nitrogen and oxygen atoms in total. The number of carboxylic acids is 1. The van der Waals surface area contributed by atoms with Crippen LogP contribution in [0.25, 0.3) is 10.9 Å². The van der Waals surface area contributed by atoms with Crippen LogP contribution in [-0.2, 0) is 37.8 Å². The third-order valence-electron chi connectivity index (χ3n) is 7.31. The minimum atomic E-state index is -1.48. The van der Waals surface area contributed by atoms with E-state index in [2.05, 4.69) is 10.3 Å². The van der Waals surface area contributed by atoms with Gasteiger partial charge in [-0.1, -0.05) is 44.2 Å². The van der Waals surface area contributed by atoms with Crippen molar-refractivity contribution in [2.24, 2.45) is 5.92 Å². The summed E-state index contributed by atoms with van der Waals surface area (Å²) in [4.78, 5) is 45.1. The number of benzene rings is 2. The summed E-state index contributed by atoms with van der Waals surface area (Å²) in [5.74, 6) is -0.928. The molecule has 2 amide bonds. The molecule has 0 radical (unpaired) electrons. The SMILES string of the molecule is COCc1cc(COc2ccc(C3(NC(=O)OC(C)(C)C)CCN(C(CC(C)C)C(=O)O)C3=O)cc2)c2ccccc2n1. The Morgan fingerprint density at radius 1 is 1.09 bits per heavy atom. The minimum absolute atomic E-state index is 0.0576. The first kappa shape index (κ1) is 31.7. The number of aromatic nitrogens is 1. The van der Waals surface area contributed by atoms with Gasteiger partial charge in [-0.05, 0) is 62.9 Å². The zero-order valence-electron chi connectivity index (χ0n) is 25.7. The van der Waals surface area contributed by atoms with Crippen molar-refractivity contribution in [3.8, 4) is 5.75 Å². The number of methoxy groups -OCH3 is 1. The van der Waals surface area contributed by atoms with E-state index in [0.717, 1.165) is 22.2 Å². The van der Waals surface area contributed by atoms with E-state index in [1.807, 2.05) is 44.2 Å². The number of carbonyl (C=O) groups excluding carboxylic acids is 2. The number of hydrogen-bond acceptors (Lipinski definition) is 7. The Kier molecular flexibility index (Phi) is 9.59. The van der Waals surface area contributed by atoms with Gasteiger partial charge in [0, 0.05) is 31.0 Å². The van der Waals surface area contributed by atoms with Crippen molar-refractivity contribution in [3.05, 3.63) is 71.4 Å². The molecular formula is C33H41N3O7. The molecule has 0 aliphatic carbocycles. The summed E-state index contributed by atoms with van der Waals surface area (Å²) in [7, 11) is 1.62. The monoisotopic (exact) mass is 591 g/mol. The standard InChI is InChI=1S/C33H41N3O7/c1-21(2)17-28(29(37)38)36-16-15-33(30(36)39,35-31(40)43-32(3,4)5)23-11-13-25(14-12-23)42-19-22-18-24(20-41-6)34-27-10-8-7-9-26(22)27/h7-14,18,21,28H,15-17,19-20H2,1-6H3,(H,35,40)(H,37,38). The molecule has 0 saturated carbocycles. The summed E-state index contributed by atoms with van der Waals surface area (Å²) in [6, 6.07) is 15.7. The van der Waals surface area contributed by atoms with Gasteiger partial charge in [-0.2, -0.15) is 0 Å². The van der Waals surface area contributed by atoms with E-state index in [0.29, 0.717) is 24.3 Å². The maximum absolute atomic E-state index is 14.0. The Morgan fingerprint density at radius 3 is 2.42 bits per heavy atom. The zero-order valence-corrected chi connectivity index (χ0v) is 25.7. The molecule has 2 N–H and O–H groups in total. The number of nitrogens with zero attached hydrogens (tertiary/aromatic N) is 2. The van der Waals surface area contributed by atoms with E-state index >= 15 is 0 Å². The fraction of sp³-hybridized carbons (Fsp3) is 0.455. The highest BCUT2D eigenvalue weighted by Crippen LogP contribution is 2.37. The molecule has 1 aliphatic heterocycles. The average Bonchev–Trinajstić information content (AvgIpc) is 3.25. The van der Waals surface area contributed by atoms with Crippen LogP contribution in [0.4, 0.5) is 4.79 Å². The van der Waals surface area contributed by atoms with Gasteiger partial charge >= 0.3 is 12.1 Å². The smallest absolute Gasteiger partial charge is 0.408 e. The fourth-order valence-electron chi connectivity index (χ4n) is 5.43. The molecular weight excluding hydrogens is 550 g/mol. The van der Waals surface area contributed by atoms with Crippen LogP contribution in [0.3, 0.4) is 0 Å². The summed E-state index contributed by atoms with van der Waals surface area (Å²) in [5.41, 5.74) is 0.850. The van der Waals surface area contributed by atoms with E-state index < -0.39 is 35.2 Å². The first-order valence-corrected chi connectivity index (χ1v) is 14.5. The summed E-state index contributed by atoms with van der Waals surface area (Å²) >= 11 is 0. The summed E-state index contributed by atoms with van der Waals surface area (Å²) in [5, 5.41) is 13.7. The van der Waals surface area contributed by atoms with Crippen molar-refractivity contribution in [2.75, 3.05) is 13.7 Å². The van der Waals surface area contributed by atoms with Crippen molar-refractivity contribution >= 4 is 28.9 Å². The molecule has 3 aromatic rings. The molecule has 2 heterocycles. The van der Waals surface area contributed by atoms with Gasteiger partial charge in [0.25, 0.3) is 5.91 Å². The number of likely N-dealkylation sites (tertiary alicyclic amines) is 1. The Bertz CT molecular complexity index is 1470. The van der Waals surface area contributed by atoms with Crippen LogP contribution in [0.5, 0.6) is 5.75 Å². The summed E-state index contributed by atoms with van der Waals surface area (Å²) in [6.07, 6.45) is -0.264. The number of carboxylic acid groups (broad SMARTS) is 1. The third kappa shape index (κ3) is 7.43. The third-order valence-corrected chi connectivity index (χ3v) is 7.31. The molecule has 4 rings (SSSR count). The lowest BCUT2D eigenvalue weighted by molar-refractivity contribution is -0.150. The Morgan fingerprint density at radius 2 is 1.79 bits per heavy atom. The van der Waals surface area contributed by atoms with Crippen LogP contribution in [0, 0.1) is 5.92 Å². The number of amides is 2. The first-order valence-electron chi connectivity index (χ1n) is 14.5. The lowest BCUT2D eigenvalue weighted by atomic mass is 9.88. The quantitative estimate of drug-likeness (QED) is 0.303. The average molecular weight is 592 g/mol. The van der Waals surface area contributed by atoms with Crippen molar-refractivity contribution < 1.29 is 33.7 Å². The number of alkyl carbamates (subject to hydrolysis) is 1. The number of fused-ring (bicyclic) bond motifs is 1. The molecule has 0 bridgehead atoms. The van der Waals surface area contributed by atoms with E-state index in [1.54, 1.807) is 52.1 Å². The Labute approximate surface area is 252 Å². The highest BCUT2D eigenvalue weighted by atomic mass is 16.6. The molecule has 1 aromatic heterocycles. The summed E-state index contributed by atoms with van der Waals surface area (Å²) < 4.78 is 16.9. The van der Waals surface area contributed by atoms with E-state index in [1.165, 1.54) is 4.90 Å². The molecule has 10 heteroatoms. The number of nitrogens with one attached hydrogen (secondary N) is 1. The molecule has 1 aliphatic rings. The van der Waals surface area contributed by atoms with Crippen molar-refractivity contribution in [3.63, 3.8) is 0 Å². The number of pyridine rings is 1. The number of hydrogen-bond donors (Lipinski definition) is 2. The van der Waals surface area contributed by atoms with Crippen LogP contribution in [0.15, 0.2) is 54.6 Å². The fourth-order valence-corrected chi connectivity index (χ4v) is 5.43. The first-order chi connectivity index (χ1) is 20.3. The maximum atomic E-state index is 14.0. The van der Waals surface area contributed by atoms with Gasteiger partial charge in [-0.25, -0.2) is 9.59 Å². The predicted molar refractivity (Wildman–Crippen MR) is 161 cm³/mol. The Balaban J connectivity index is 1.61. The maximum Gasteiger partial charge on any atom is 0.408 e. The predicted octanol–water partition coefficient (Wildman–Crippen LogP) is 5.41. The highest BCUT2D eigenvalue weighted by molar-refractivity contribution is 5.95. The van der Waals surface area contributed by atoms with Gasteiger partial charge in [0.05, 0.1) is 17.8 Å². The molecule has 2 unspecified atom stereocenters. The van der Waals surface area contributed by atoms with Crippen LogP contribution < -0.4 is 10.1 Å². The van der Waals surface area contributed by atoms with Gasteiger partial charge in [0.15, 0.2) is 0 Å². The van der Waals surface area contributed by atoms with Crippen molar-refractivity contribution in [1.82, 2.24) is 15.2 Å². The highest BCUT2D eigenvalue weighted by Gasteiger charge is 2.52. The van der Waals surface area contributed by atoms with Gasteiger partial charge in [0.2, 0.25) is 0 Å². The molecule has 230 valence electrons. The number of carbonyl (C=O) groups is 3. The topological polar surface area (TPSA) is 127 Å². The largest absolute Gasteiger partial charge is 0.489 e. The second-order valence-electron chi connectivity index (χ2n) is 12.3. The zero-order chi connectivity index (χ0) is 31.4. The molecule has 0 spiro atoms. The lowest BCUT2D eigenvalue weighted by Gasteiger charge is -2.32. The second kappa shape index (κ2) is 13.0. The van der Waals surface area contributed by atoms with Crippen LogP contribution in [-0.4, -0.2) is 58.3 Å². The number of rotatable bonds is 11. The molecule has 2 aromatic carbocycles. The van der Waals surface area contributed by atoms with Crippen LogP contribution in [0.1, 0.15) is 64.3 Å². The molecule has 43 heavy (non-hydrogen) atoms. The van der Waals surface area contributed by atoms with Gasteiger partial charge in [0.1, 0.15) is 29.5 Å². The van der Waals surface area contributed by atoms with Gasteiger partial charge < -0.3 is 29.5 Å². The molecule has 2 atom stereocenters. The van der Waals surface area contributed by atoms with Crippen molar-refractivity contribution in [1.29, 1.82) is 0 Å². The second-order valence-corrected chi connectivity index (χ2v) is 12.3. The van der Waals surface area contributed by atoms with E-state index in [4.69, 9.17) is 14.2 Å². The van der Waals surface area contributed by atoms with E-state index in [-0.39, 0.29) is 25.5 Å². The van der Waals surface area contributed by atoms with Gasteiger partial charge in [-0.3, -0.25) is 9.78 Å². The number of ether oxygens (including phenoxy) is 3. The van der Waals surface area contributed by atoms with Crippen molar-refractivity contribution in [2.45, 2.75) is 77.9 Å². The Hall–Kier alpha value is -4.18. The number of aliphatic carboxylic acids is 1. The van der Waals surface area contributed by atoms with E-state index in [9.17, 15) is 19.5 Å². The van der Waals surface area contributed by atoms with Crippen LogP contribution in [0.2, 0.25) is 0 Å². The number of para-hydroxylation sites is 1. The molecule has 1 saturated heterocycles.